The Labute approximate surface area is 95.4 Å². The van der Waals surface area contributed by atoms with E-state index < -0.39 is 0 Å². The van der Waals surface area contributed by atoms with E-state index >= 15 is 0 Å². The van der Waals surface area contributed by atoms with E-state index in [4.69, 9.17) is 9.47 Å². The van der Waals surface area contributed by atoms with Crippen LogP contribution in [0.4, 0.5) is 0 Å². The van der Waals surface area contributed by atoms with Crippen molar-refractivity contribution in [2.75, 3.05) is 13.4 Å². The average molecular weight is 220 g/mol. The predicted molar refractivity (Wildman–Crippen MR) is 60.7 cm³/mol. The minimum absolute atomic E-state index is 0.223. The second-order valence-electron chi connectivity index (χ2n) is 4.24. The monoisotopic (exact) mass is 220 g/mol. The second kappa shape index (κ2) is 5.12. The standard InChI is InChI=1S/C13H16O3/c1-10-2-5-13(12(6-10)7-14)16-9-15-8-11-3-4-11/h2,5-7,11H,3-4,8-9H2,1H3. The lowest BCUT2D eigenvalue weighted by molar-refractivity contribution is 0.00969. The molecule has 0 heterocycles. The number of aryl methyl sites for hydroxylation is 1. The Morgan fingerprint density at radius 1 is 1.44 bits per heavy atom. The maximum absolute atomic E-state index is 10.8. The summed E-state index contributed by atoms with van der Waals surface area (Å²) in [6, 6.07) is 5.53. The Morgan fingerprint density at radius 3 is 2.94 bits per heavy atom. The molecule has 1 aliphatic carbocycles. The first kappa shape index (κ1) is 11.1. The summed E-state index contributed by atoms with van der Waals surface area (Å²) in [5.41, 5.74) is 1.63. The van der Waals surface area contributed by atoms with Gasteiger partial charge < -0.3 is 9.47 Å². The number of aldehydes is 1. The van der Waals surface area contributed by atoms with E-state index in [2.05, 4.69) is 0 Å². The topological polar surface area (TPSA) is 35.5 Å². The molecule has 0 atom stereocenters. The minimum Gasteiger partial charge on any atom is -0.467 e. The maximum atomic E-state index is 10.8. The molecular weight excluding hydrogens is 204 g/mol. The molecule has 3 heteroatoms. The third kappa shape index (κ3) is 3.07. The van der Waals surface area contributed by atoms with Crippen molar-refractivity contribution in [3.05, 3.63) is 29.3 Å². The van der Waals surface area contributed by atoms with Gasteiger partial charge in [-0.05, 0) is 37.8 Å². The van der Waals surface area contributed by atoms with E-state index in [0.717, 1.165) is 24.4 Å². The van der Waals surface area contributed by atoms with Crippen molar-refractivity contribution in [1.29, 1.82) is 0 Å². The number of rotatable bonds is 6. The zero-order valence-electron chi connectivity index (χ0n) is 9.44. The predicted octanol–water partition coefficient (Wildman–Crippen LogP) is 2.57. The minimum atomic E-state index is 0.223. The van der Waals surface area contributed by atoms with Gasteiger partial charge in [-0.25, -0.2) is 0 Å². The van der Waals surface area contributed by atoms with Gasteiger partial charge in [0, 0.05) is 0 Å². The zero-order chi connectivity index (χ0) is 11.4. The highest BCUT2D eigenvalue weighted by Gasteiger charge is 2.21. The summed E-state index contributed by atoms with van der Waals surface area (Å²) in [7, 11) is 0. The molecule has 86 valence electrons. The van der Waals surface area contributed by atoms with Crippen molar-refractivity contribution in [1.82, 2.24) is 0 Å². The quantitative estimate of drug-likeness (QED) is 0.420. The lowest BCUT2D eigenvalue weighted by atomic mass is 10.1. The van der Waals surface area contributed by atoms with Gasteiger partial charge in [0.05, 0.1) is 12.2 Å². The molecule has 1 aromatic carbocycles. The first-order chi connectivity index (χ1) is 7.79. The van der Waals surface area contributed by atoms with E-state index in [1.54, 1.807) is 6.07 Å². The van der Waals surface area contributed by atoms with Crippen LogP contribution < -0.4 is 4.74 Å². The summed E-state index contributed by atoms with van der Waals surface area (Å²) < 4.78 is 10.8. The zero-order valence-corrected chi connectivity index (χ0v) is 9.44. The molecule has 16 heavy (non-hydrogen) atoms. The summed E-state index contributed by atoms with van der Waals surface area (Å²) in [6.07, 6.45) is 3.34. The molecule has 1 fully saturated rings. The van der Waals surface area contributed by atoms with E-state index in [1.807, 2.05) is 19.1 Å². The van der Waals surface area contributed by atoms with Crippen molar-refractivity contribution < 1.29 is 14.3 Å². The van der Waals surface area contributed by atoms with Crippen molar-refractivity contribution in [2.45, 2.75) is 19.8 Å². The molecule has 1 aromatic rings. The van der Waals surface area contributed by atoms with Gasteiger partial charge in [0.1, 0.15) is 5.75 Å². The van der Waals surface area contributed by atoms with Crippen LogP contribution in [0.2, 0.25) is 0 Å². The fraction of sp³-hybridized carbons (Fsp3) is 0.462. The number of carbonyl (C=O) groups excluding carboxylic acids is 1. The van der Waals surface area contributed by atoms with Crippen LogP contribution in [0, 0.1) is 12.8 Å². The molecule has 2 rings (SSSR count). The Kier molecular flexibility index (Phi) is 3.57. The molecule has 0 N–H and O–H groups in total. The third-order valence-electron chi connectivity index (χ3n) is 2.64. The molecule has 0 aromatic heterocycles. The first-order valence-corrected chi connectivity index (χ1v) is 5.56. The van der Waals surface area contributed by atoms with Gasteiger partial charge in [-0.15, -0.1) is 0 Å². The Morgan fingerprint density at radius 2 is 2.25 bits per heavy atom. The molecule has 0 bridgehead atoms. The van der Waals surface area contributed by atoms with Gasteiger partial charge in [0.15, 0.2) is 13.1 Å². The van der Waals surface area contributed by atoms with Gasteiger partial charge in [-0.3, -0.25) is 4.79 Å². The molecule has 0 aliphatic heterocycles. The van der Waals surface area contributed by atoms with Gasteiger partial charge in [0.25, 0.3) is 0 Å². The van der Waals surface area contributed by atoms with E-state index in [-0.39, 0.29) is 6.79 Å². The Balaban J connectivity index is 1.84. The second-order valence-corrected chi connectivity index (χ2v) is 4.24. The Hall–Kier alpha value is -1.35. The summed E-state index contributed by atoms with van der Waals surface area (Å²) >= 11 is 0. The SMILES string of the molecule is Cc1ccc(OCOCC2CC2)c(C=O)c1. The number of carbonyl (C=O) groups is 1. The summed E-state index contributed by atoms with van der Waals surface area (Å²) in [5.74, 6) is 1.32. The number of benzene rings is 1. The van der Waals surface area contributed by atoms with Crippen LogP contribution in [0.5, 0.6) is 5.75 Å². The summed E-state index contributed by atoms with van der Waals surface area (Å²) in [4.78, 5) is 10.8. The van der Waals surface area contributed by atoms with Gasteiger partial charge in [-0.2, -0.15) is 0 Å². The fourth-order valence-electron chi connectivity index (χ4n) is 1.50. The molecule has 0 unspecified atom stereocenters. The van der Waals surface area contributed by atoms with Crippen LogP contribution in [-0.2, 0) is 4.74 Å². The van der Waals surface area contributed by atoms with Crippen LogP contribution in [0.25, 0.3) is 0 Å². The number of hydrogen-bond donors (Lipinski definition) is 0. The van der Waals surface area contributed by atoms with Gasteiger partial charge in [-0.1, -0.05) is 11.6 Å². The lowest BCUT2D eigenvalue weighted by Crippen LogP contribution is -2.06. The Bertz CT molecular complexity index is 369. The van der Waals surface area contributed by atoms with Crippen LogP contribution in [-0.4, -0.2) is 19.7 Å². The van der Waals surface area contributed by atoms with Crippen LogP contribution in [0.15, 0.2) is 18.2 Å². The van der Waals surface area contributed by atoms with Crippen molar-refractivity contribution >= 4 is 6.29 Å². The molecule has 1 saturated carbocycles. The van der Waals surface area contributed by atoms with Crippen LogP contribution in [0.3, 0.4) is 0 Å². The lowest BCUT2D eigenvalue weighted by Gasteiger charge is -2.09. The summed E-state index contributed by atoms with van der Waals surface area (Å²) in [6.45, 7) is 2.93. The molecule has 0 radical (unpaired) electrons. The highest BCUT2D eigenvalue weighted by atomic mass is 16.7. The van der Waals surface area contributed by atoms with Gasteiger partial charge in [0.2, 0.25) is 0 Å². The van der Waals surface area contributed by atoms with Crippen molar-refractivity contribution in [3.8, 4) is 5.75 Å². The van der Waals surface area contributed by atoms with E-state index in [1.165, 1.54) is 12.8 Å². The van der Waals surface area contributed by atoms with Crippen molar-refractivity contribution in [2.24, 2.45) is 5.92 Å². The van der Waals surface area contributed by atoms with E-state index in [9.17, 15) is 4.79 Å². The highest BCUT2D eigenvalue weighted by molar-refractivity contribution is 5.79. The van der Waals surface area contributed by atoms with Crippen LogP contribution in [0.1, 0.15) is 28.8 Å². The number of hydrogen-bond acceptors (Lipinski definition) is 3. The van der Waals surface area contributed by atoms with Crippen LogP contribution >= 0.6 is 0 Å². The van der Waals surface area contributed by atoms with Gasteiger partial charge >= 0.3 is 0 Å². The maximum Gasteiger partial charge on any atom is 0.189 e. The van der Waals surface area contributed by atoms with E-state index in [0.29, 0.717) is 11.3 Å². The third-order valence-corrected chi connectivity index (χ3v) is 2.64. The summed E-state index contributed by atoms with van der Waals surface area (Å²) in [5, 5.41) is 0. The number of ether oxygens (including phenoxy) is 2. The highest BCUT2D eigenvalue weighted by Crippen LogP contribution is 2.28. The normalized spacial score (nSPS) is 14.8. The largest absolute Gasteiger partial charge is 0.467 e. The molecule has 0 spiro atoms. The fourth-order valence-corrected chi connectivity index (χ4v) is 1.50. The van der Waals surface area contributed by atoms with Crippen molar-refractivity contribution in [3.63, 3.8) is 0 Å². The molecule has 0 saturated heterocycles. The first-order valence-electron chi connectivity index (χ1n) is 5.56. The molecule has 1 aliphatic rings. The average Bonchev–Trinajstić information content (AvgIpc) is 3.09. The molecule has 3 nitrogen and oxygen atoms in total. The smallest absolute Gasteiger partial charge is 0.189 e. The molecular formula is C13H16O3. The molecule has 0 amide bonds.